The van der Waals surface area contributed by atoms with Gasteiger partial charge in [0, 0.05) is 19.8 Å². The van der Waals surface area contributed by atoms with Crippen LogP contribution in [0.1, 0.15) is 17.6 Å². The Hall–Kier alpha value is -1.66. The fraction of sp³-hybridized carbons (Fsp3) is 0.400. The molecule has 2 heterocycles. The van der Waals surface area contributed by atoms with E-state index in [0.29, 0.717) is 0 Å². The summed E-state index contributed by atoms with van der Waals surface area (Å²) in [4.78, 5) is 15.9. The van der Waals surface area contributed by atoms with Gasteiger partial charge in [0.1, 0.15) is 6.17 Å². The largest absolute Gasteiger partial charge is 0.348 e. The van der Waals surface area contributed by atoms with E-state index >= 15 is 0 Å². The zero-order valence-corrected chi connectivity index (χ0v) is 9.56. The highest BCUT2D eigenvalue weighted by Gasteiger charge is 2.27. The number of nitrogens with one attached hydrogen (secondary N) is 2. The summed E-state index contributed by atoms with van der Waals surface area (Å²) in [6.07, 6.45) is -0.187. The van der Waals surface area contributed by atoms with Gasteiger partial charge in [-0.05, 0) is 19.1 Å². The zero-order valence-electron chi connectivity index (χ0n) is 9.56. The minimum Gasteiger partial charge on any atom is -0.260 e. The van der Waals surface area contributed by atoms with Crippen molar-refractivity contribution in [2.24, 2.45) is 0 Å². The van der Waals surface area contributed by atoms with E-state index in [9.17, 15) is 4.79 Å². The lowest BCUT2D eigenvalue weighted by molar-refractivity contribution is 0.0565. The highest BCUT2D eigenvalue weighted by Crippen LogP contribution is 2.12. The number of aromatic nitrogens is 1. The van der Waals surface area contributed by atoms with E-state index in [1.165, 1.54) is 10.0 Å². The molecule has 0 aromatic carbocycles. The van der Waals surface area contributed by atoms with Crippen LogP contribution in [0.5, 0.6) is 0 Å². The topological polar surface area (TPSA) is 60.5 Å². The first kappa shape index (κ1) is 10.8. The second kappa shape index (κ2) is 4.07. The molecule has 1 saturated heterocycles. The Bertz CT molecular complexity index is 394. The molecular weight excluding hydrogens is 206 g/mol. The second-order valence-electron chi connectivity index (χ2n) is 3.80. The van der Waals surface area contributed by atoms with Crippen molar-refractivity contribution < 1.29 is 4.79 Å². The van der Waals surface area contributed by atoms with Crippen molar-refractivity contribution in [3.63, 3.8) is 0 Å². The van der Waals surface area contributed by atoms with Crippen LogP contribution in [-0.4, -0.2) is 35.1 Å². The van der Waals surface area contributed by atoms with Crippen molar-refractivity contribution in [3.8, 4) is 0 Å². The molecule has 1 aromatic heterocycles. The first-order chi connectivity index (χ1) is 7.58. The summed E-state index contributed by atoms with van der Waals surface area (Å²) in [5.41, 5.74) is 7.82. The summed E-state index contributed by atoms with van der Waals surface area (Å²) in [7, 11) is 3.37. The molecule has 0 bridgehead atoms. The van der Waals surface area contributed by atoms with Crippen LogP contribution in [0, 0.1) is 6.92 Å². The lowest BCUT2D eigenvalue weighted by Crippen LogP contribution is -2.62. The van der Waals surface area contributed by atoms with Crippen LogP contribution >= 0.6 is 0 Å². The second-order valence-corrected chi connectivity index (χ2v) is 3.80. The number of nitrogens with zero attached hydrogens (tertiary/aromatic N) is 3. The molecule has 1 fully saturated rings. The van der Waals surface area contributed by atoms with Gasteiger partial charge < -0.3 is 0 Å². The third kappa shape index (κ3) is 1.98. The van der Waals surface area contributed by atoms with Crippen LogP contribution in [0.3, 0.4) is 0 Å². The average Bonchev–Trinajstić information content (AvgIpc) is 2.25. The highest BCUT2D eigenvalue weighted by atomic mass is 16.2. The van der Waals surface area contributed by atoms with E-state index in [1.807, 2.05) is 25.1 Å². The first-order valence-corrected chi connectivity index (χ1v) is 5.05. The quantitative estimate of drug-likeness (QED) is 0.720. The van der Waals surface area contributed by atoms with Crippen LogP contribution < -0.4 is 10.9 Å². The molecule has 0 atom stereocenters. The Morgan fingerprint density at radius 1 is 1.25 bits per heavy atom. The Morgan fingerprint density at radius 2 is 1.88 bits per heavy atom. The van der Waals surface area contributed by atoms with Gasteiger partial charge in [0.2, 0.25) is 0 Å². The van der Waals surface area contributed by atoms with Crippen molar-refractivity contribution in [1.82, 2.24) is 25.9 Å². The normalized spacial score (nSPS) is 18.1. The Labute approximate surface area is 94.2 Å². The van der Waals surface area contributed by atoms with Crippen molar-refractivity contribution in [2.45, 2.75) is 13.1 Å². The zero-order chi connectivity index (χ0) is 11.7. The van der Waals surface area contributed by atoms with E-state index in [2.05, 4.69) is 15.8 Å². The molecule has 2 rings (SSSR count). The number of rotatable bonds is 1. The Balaban J connectivity index is 2.20. The average molecular weight is 221 g/mol. The van der Waals surface area contributed by atoms with Crippen molar-refractivity contribution in [1.29, 1.82) is 0 Å². The van der Waals surface area contributed by atoms with Crippen molar-refractivity contribution in [2.75, 3.05) is 14.1 Å². The highest BCUT2D eigenvalue weighted by molar-refractivity contribution is 5.73. The first-order valence-electron chi connectivity index (χ1n) is 5.05. The van der Waals surface area contributed by atoms with E-state index in [-0.39, 0.29) is 12.2 Å². The number of carbonyl (C=O) groups excluding carboxylic acids is 1. The third-order valence-corrected chi connectivity index (χ3v) is 2.42. The number of pyridine rings is 1. The minimum absolute atomic E-state index is 0.135. The number of amides is 2. The van der Waals surface area contributed by atoms with Gasteiger partial charge >= 0.3 is 6.03 Å². The van der Waals surface area contributed by atoms with Crippen LogP contribution in [-0.2, 0) is 0 Å². The molecule has 0 saturated carbocycles. The molecule has 0 spiro atoms. The number of carbonyl (C=O) groups is 1. The minimum atomic E-state index is -0.187. The molecule has 86 valence electrons. The standard InChI is InChI=1S/C10H15N5O/c1-7-5-4-6-8(11-7)9-12-14(2)10(16)15(3)13-9/h4-6,9,12-13H,1-3H3. The van der Waals surface area contributed by atoms with E-state index < -0.39 is 0 Å². The lowest BCUT2D eigenvalue weighted by Gasteiger charge is -2.37. The summed E-state index contributed by atoms with van der Waals surface area (Å²) in [6, 6.07) is 5.65. The molecule has 0 unspecified atom stereocenters. The Morgan fingerprint density at radius 3 is 2.44 bits per heavy atom. The maximum absolute atomic E-state index is 11.5. The fourth-order valence-electron chi connectivity index (χ4n) is 1.61. The summed E-state index contributed by atoms with van der Waals surface area (Å²) < 4.78 is 0. The van der Waals surface area contributed by atoms with Gasteiger partial charge in [-0.15, -0.1) is 0 Å². The molecule has 0 radical (unpaired) electrons. The van der Waals surface area contributed by atoms with Crippen LogP contribution in [0.4, 0.5) is 4.79 Å². The molecule has 16 heavy (non-hydrogen) atoms. The monoisotopic (exact) mass is 221 g/mol. The summed E-state index contributed by atoms with van der Waals surface area (Å²) in [5, 5.41) is 2.87. The molecule has 1 aliphatic heterocycles. The van der Waals surface area contributed by atoms with Crippen LogP contribution in [0.25, 0.3) is 0 Å². The Kier molecular flexibility index (Phi) is 2.76. The van der Waals surface area contributed by atoms with E-state index in [4.69, 9.17) is 0 Å². The van der Waals surface area contributed by atoms with Crippen molar-refractivity contribution in [3.05, 3.63) is 29.6 Å². The summed E-state index contributed by atoms with van der Waals surface area (Å²) in [5.74, 6) is 0. The molecule has 2 N–H and O–H groups in total. The van der Waals surface area contributed by atoms with Gasteiger partial charge in [0.15, 0.2) is 0 Å². The predicted molar refractivity (Wildman–Crippen MR) is 58.9 cm³/mol. The van der Waals surface area contributed by atoms with Crippen molar-refractivity contribution >= 4 is 6.03 Å². The SMILES string of the molecule is Cc1cccc(C2NN(C)C(=O)N(C)N2)n1. The molecule has 0 aliphatic carbocycles. The molecule has 1 aromatic rings. The predicted octanol–water partition coefficient (Wildman–Crippen LogP) is 0.395. The number of hydrogen-bond acceptors (Lipinski definition) is 4. The van der Waals surface area contributed by atoms with Crippen LogP contribution in [0.15, 0.2) is 18.2 Å². The molecule has 6 nitrogen and oxygen atoms in total. The fourth-order valence-corrected chi connectivity index (χ4v) is 1.61. The maximum Gasteiger partial charge on any atom is 0.348 e. The van der Waals surface area contributed by atoms with Gasteiger partial charge in [-0.25, -0.2) is 15.6 Å². The van der Waals surface area contributed by atoms with Gasteiger partial charge in [-0.1, -0.05) is 6.07 Å². The maximum atomic E-state index is 11.5. The van der Waals surface area contributed by atoms with Gasteiger partial charge in [-0.3, -0.25) is 15.0 Å². The molecule has 1 aliphatic rings. The van der Waals surface area contributed by atoms with Gasteiger partial charge in [0.05, 0.1) is 5.69 Å². The third-order valence-electron chi connectivity index (χ3n) is 2.42. The number of aryl methyl sites for hydroxylation is 1. The summed E-state index contributed by atoms with van der Waals surface area (Å²) in [6.45, 7) is 1.94. The van der Waals surface area contributed by atoms with Gasteiger partial charge in [-0.2, -0.15) is 0 Å². The van der Waals surface area contributed by atoms with Gasteiger partial charge in [0.25, 0.3) is 0 Å². The summed E-state index contributed by atoms with van der Waals surface area (Å²) >= 11 is 0. The molecule has 2 amide bonds. The number of hydrogen-bond donors (Lipinski definition) is 2. The number of hydrazine groups is 2. The number of urea groups is 1. The van der Waals surface area contributed by atoms with Crippen LogP contribution in [0.2, 0.25) is 0 Å². The van der Waals surface area contributed by atoms with E-state index in [1.54, 1.807) is 14.1 Å². The lowest BCUT2D eigenvalue weighted by atomic mass is 10.2. The molecule has 6 heteroatoms. The van der Waals surface area contributed by atoms with E-state index in [0.717, 1.165) is 11.4 Å². The smallest absolute Gasteiger partial charge is 0.260 e. The molecular formula is C10H15N5O.